The fraction of sp³-hybridized carbons (Fsp3) is 0.176. The molecule has 0 aliphatic rings. The fourth-order valence-electron chi connectivity index (χ4n) is 2.42. The van der Waals surface area contributed by atoms with Gasteiger partial charge in [0.1, 0.15) is 23.3 Å². The topological polar surface area (TPSA) is 112 Å². The highest BCUT2D eigenvalue weighted by molar-refractivity contribution is 5.77. The number of hydrogen-bond donors (Lipinski definition) is 1. The molecule has 9 heteroatoms. The number of pyridine rings is 1. The highest BCUT2D eigenvalue weighted by Crippen LogP contribution is 2.11. The molecule has 0 aliphatic carbocycles. The van der Waals surface area contributed by atoms with Gasteiger partial charge in [0.25, 0.3) is 0 Å². The number of carbonyl (C=O) groups excluding carboxylic acids is 1. The molecule has 0 saturated carbocycles. The van der Waals surface area contributed by atoms with Crippen molar-refractivity contribution >= 4 is 16.9 Å². The Balaban J connectivity index is 1.29. The molecule has 1 aromatic carbocycles. The first-order valence-electron chi connectivity index (χ1n) is 8.08. The predicted octanol–water partition coefficient (Wildman–Crippen LogP) is 1.24. The van der Waals surface area contributed by atoms with Crippen LogP contribution in [0.15, 0.2) is 53.2 Å². The summed E-state index contributed by atoms with van der Waals surface area (Å²) in [7, 11) is 0. The first-order chi connectivity index (χ1) is 12.8. The SMILES string of the molecule is O=C(Cn1nc2ccccc2n1)NCCc1nc(-c2ccccn2)no1. The van der Waals surface area contributed by atoms with Crippen molar-refractivity contribution in [3.05, 3.63) is 54.6 Å². The van der Waals surface area contributed by atoms with Crippen molar-refractivity contribution in [1.82, 2.24) is 35.4 Å². The molecular formula is C17H15N7O2. The van der Waals surface area contributed by atoms with Crippen LogP contribution in [0.5, 0.6) is 0 Å². The summed E-state index contributed by atoms with van der Waals surface area (Å²) in [5.74, 6) is 0.683. The maximum atomic E-state index is 12.0. The van der Waals surface area contributed by atoms with Crippen LogP contribution in [0, 0.1) is 0 Å². The van der Waals surface area contributed by atoms with Crippen molar-refractivity contribution in [2.75, 3.05) is 6.54 Å². The smallest absolute Gasteiger partial charge is 0.243 e. The molecule has 0 spiro atoms. The van der Waals surface area contributed by atoms with Gasteiger partial charge in [-0.2, -0.15) is 20.0 Å². The number of carbonyl (C=O) groups is 1. The van der Waals surface area contributed by atoms with E-state index in [2.05, 4.69) is 30.6 Å². The number of rotatable bonds is 6. The maximum absolute atomic E-state index is 12.0. The van der Waals surface area contributed by atoms with Gasteiger partial charge in [-0.25, -0.2) is 0 Å². The van der Waals surface area contributed by atoms with Crippen LogP contribution in [0.2, 0.25) is 0 Å². The van der Waals surface area contributed by atoms with Crippen LogP contribution in [0.3, 0.4) is 0 Å². The molecule has 0 saturated heterocycles. The standard InChI is InChI=1S/C17H15N7O2/c25-15(11-24-21-12-5-1-2-6-13(12)22-24)19-10-8-16-20-17(23-26-16)14-7-3-4-9-18-14/h1-7,9H,8,10-11H2,(H,19,25). The van der Waals surface area contributed by atoms with E-state index in [9.17, 15) is 4.79 Å². The molecule has 4 rings (SSSR count). The monoisotopic (exact) mass is 349 g/mol. The summed E-state index contributed by atoms with van der Waals surface area (Å²) < 4.78 is 5.18. The molecule has 3 heterocycles. The molecule has 0 bridgehead atoms. The Bertz CT molecular complexity index is 993. The van der Waals surface area contributed by atoms with Crippen LogP contribution in [0.4, 0.5) is 0 Å². The first-order valence-corrected chi connectivity index (χ1v) is 8.08. The lowest BCUT2D eigenvalue weighted by atomic mass is 10.3. The van der Waals surface area contributed by atoms with E-state index in [1.54, 1.807) is 12.3 Å². The van der Waals surface area contributed by atoms with Crippen molar-refractivity contribution in [2.45, 2.75) is 13.0 Å². The van der Waals surface area contributed by atoms with Gasteiger partial charge in [-0.05, 0) is 24.3 Å². The van der Waals surface area contributed by atoms with E-state index >= 15 is 0 Å². The summed E-state index contributed by atoms with van der Waals surface area (Å²) >= 11 is 0. The van der Waals surface area contributed by atoms with Gasteiger partial charge < -0.3 is 9.84 Å². The minimum atomic E-state index is -0.185. The van der Waals surface area contributed by atoms with Gasteiger partial charge in [-0.1, -0.05) is 23.4 Å². The van der Waals surface area contributed by atoms with E-state index in [0.29, 0.717) is 30.4 Å². The number of amides is 1. The normalized spacial score (nSPS) is 10.9. The number of fused-ring (bicyclic) bond motifs is 1. The third-order valence-electron chi connectivity index (χ3n) is 3.64. The van der Waals surface area contributed by atoms with E-state index in [-0.39, 0.29) is 12.5 Å². The zero-order valence-electron chi connectivity index (χ0n) is 13.7. The lowest BCUT2D eigenvalue weighted by Gasteiger charge is -2.02. The zero-order valence-corrected chi connectivity index (χ0v) is 13.7. The third-order valence-corrected chi connectivity index (χ3v) is 3.64. The van der Waals surface area contributed by atoms with E-state index in [1.165, 1.54) is 4.80 Å². The highest BCUT2D eigenvalue weighted by atomic mass is 16.5. The molecule has 0 radical (unpaired) electrons. The summed E-state index contributed by atoms with van der Waals surface area (Å²) in [6.07, 6.45) is 2.10. The van der Waals surface area contributed by atoms with Crippen molar-refractivity contribution in [1.29, 1.82) is 0 Å². The van der Waals surface area contributed by atoms with Gasteiger partial charge in [0.2, 0.25) is 17.6 Å². The van der Waals surface area contributed by atoms with Crippen molar-refractivity contribution < 1.29 is 9.32 Å². The quantitative estimate of drug-likeness (QED) is 0.557. The van der Waals surface area contributed by atoms with E-state index in [1.807, 2.05) is 36.4 Å². The second-order valence-electron chi connectivity index (χ2n) is 5.55. The fourth-order valence-corrected chi connectivity index (χ4v) is 2.42. The second kappa shape index (κ2) is 7.09. The molecule has 9 nitrogen and oxygen atoms in total. The molecule has 0 atom stereocenters. The van der Waals surface area contributed by atoms with Crippen LogP contribution in [-0.4, -0.2) is 42.6 Å². The van der Waals surface area contributed by atoms with Gasteiger partial charge in [0.05, 0.1) is 0 Å². The summed E-state index contributed by atoms with van der Waals surface area (Å²) in [4.78, 5) is 21.8. The van der Waals surface area contributed by atoms with E-state index < -0.39 is 0 Å². The van der Waals surface area contributed by atoms with Gasteiger partial charge in [0, 0.05) is 19.2 Å². The summed E-state index contributed by atoms with van der Waals surface area (Å²) in [6, 6.07) is 12.9. The Morgan fingerprint density at radius 2 is 1.85 bits per heavy atom. The van der Waals surface area contributed by atoms with Crippen molar-refractivity contribution in [2.24, 2.45) is 0 Å². The Hall–Kier alpha value is -3.62. The highest BCUT2D eigenvalue weighted by Gasteiger charge is 2.10. The van der Waals surface area contributed by atoms with Crippen LogP contribution < -0.4 is 5.32 Å². The summed E-state index contributed by atoms with van der Waals surface area (Å²) in [5.41, 5.74) is 2.16. The summed E-state index contributed by atoms with van der Waals surface area (Å²) in [6.45, 7) is 0.432. The van der Waals surface area contributed by atoms with Crippen LogP contribution in [-0.2, 0) is 17.8 Å². The lowest BCUT2D eigenvalue weighted by Crippen LogP contribution is -2.30. The number of nitrogens with one attached hydrogen (secondary N) is 1. The maximum Gasteiger partial charge on any atom is 0.243 e. The summed E-state index contributed by atoms with van der Waals surface area (Å²) in [5, 5.41) is 15.2. The molecule has 1 N–H and O–H groups in total. The molecule has 0 fully saturated rings. The minimum absolute atomic E-state index is 0.0533. The first kappa shape index (κ1) is 15.9. The Morgan fingerprint density at radius 3 is 2.58 bits per heavy atom. The molecule has 26 heavy (non-hydrogen) atoms. The Labute approximate surface area is 148 Å². The van der Waals surface area contributed by atoms with Gasteiger partial charge >= 0.3 is 0 Å². The molecule has 1 amide bonds. The molecule has 0 unspecified atom stereocenters. The van der Waals surface area contributed by atoms with E-state index in [4.69, 9.17) is 4.52 Å². The largest absolute Gasteiger partial charge is 0.354 e. The Morgan fingerprint density at radius 1 is 1.08 bits per heavy atom. The van der Waals surface area contributed by atoms with Crippen LogP contribution in [0.1, 0.15) is 5.89 Å². The minimum Gasteiger partial charge on any atom is -0.354 e. The molecular weight excluding hydrogens is 334 g/mol. The molecule has 0 aliphatic heterocycles. The third kappa shape index (κ3) is 3.56. The van der Waals surface area contributed by atoms with Crippen LogP contribution in [0.25, 0.3) is 22.6 Å². The van der Waals surface area contributed by atoms with Gasteiger partial charge in [0.15, 0.2) is 0 Å². The molecule has 3 aromatic heterocycles. The second-order valence-corrected chi connectivity index (χ2v) is 5.55. The van der Waals surface area contributed by atoms with Crippen molar-refractivity contribution in [3.8, 4) is 11.5 Å². The van der Waals surface area contributed by atoms with E-state index in [0.717, 1.165) is 11.0 Å². The predicted molar refractivity (Wildman–Crippen MR) is 91.8 cm³/mol. The average molecular weight is 349 g/mol. The van der Waals surface area contributed by atoms with Gasteiger partial charge in [-0.15, -0.1) is 0 Å². The average Bonchev–Trinajstić information content (AvgIpc) is 3.29. The molecule has 130 valence electrons. The van der Waals surface area contributed by atoms with Crippen LogP contribution >= 0.6 is 0 Å². The van der Waals surface area contributed by atoms with Gasteiger partial charge in [-0.3, -0.25) is 9.78 Å². The van der Waals surface area contributed by atoms with Crippen molar-refractivity contribution in [3.63, 3.8) is 0 Å². The number of nitrogens with zero attached hydrogens (tertiary/aromatic N) is 6. The Kier molecular flexibility index (Phi) is 4.33. The zero-order chi connectivity index (χ0) is 17.8. The molecule has 4 aromatic rings. The number of aromatic nitrogens is 6. The lowest BCUT2D eigenvalue weighted by molar-refractivity contribution is -0.122. The number of hydrogen-bond acceptors (Lipinski definition) is 7. The number of benzene rings is 1.